The molecule has 0 aliphatic carbocycles. The van der Waals surface area contributed by atoms with Crippen molar-refractivity contribution in [3.8, 4) is 0 Å². The van der Waals surface area contributed by atoms with Gasteiger partial charge in [0, 0.05) is 19.7 Å². The van der Waals surface area contributed by atoms with Gasteiger partial charge in [-0.2, -0.15) is 0 Å². The molecule has 1 fully saturated rings. The standard InChI is InChI=1S/C14H19N5O/c1-12-3-5-13(6-4-12)11-19-14(15-16-17-19)18-7-2-9-20-10-8-18/h3-6H,2,7-11H2,1H3. The van der Waals surface area contributed by atoms with Crippen molar-refractivity contribution in [2.24, 2.45) is 0 Å². The molecule has 0 atom stereocenters. The lowest BCUT2D eigenvalue weighted by atomic mass is 10.1. The predicted molar refractivity (Wildman–Crippen MR) is 75.7 cm³/mol. The van der Waals surface area contributed by atoms with Crippen LogP contribution in [0, 0.1) is 6.92 Å². The number of ether oxygens (including phenoxy) is 1. The molecular weight excluding hydrogens is 254 g/mol. The van der Waals surface area contributed by atoms with Crippen LogP contribution in [0.15, 0.2) is 24.3 Å². The average Bonchev–Trinajstić information content (AvgIpc) is 2.74. The number of aromatic nitrogens is 4. The Morgan fingerprint density at radius 2 is 2.00 bits per heavy atom. The van der Waals surface area contributed by atoms with E-state index >= 15 is 0 Å². The van der Waals surface area contributed by atoms with Crippen LogP contribution in [-0.4, -0.2) is 46.5 Å². The van der Waals surface area contributed by atoms with Crippen molar-refractivity contribution in [2.75, 3.05) is 31.2 Å². The molecule has 0 N–H and O–H groups in total. The molecule has 1 aliphatic rings. The molecule has 6 heteroatoms. The van der Waals surface area contributed by atoms with E-state index in [1.807, 2.05) is 4.68 Å². The van der Waals surface area contributed by atoms with Gasteiger partial charge in [0.1, 0.15) is 0 Å². The summed E-state index contributed by atoms with van der Waals surface area (Å²) < 4.78 is 7.33. The highest BCUT2D eigenvalue weighted by molar-refractivity contribution is 5.30. The quantitative estimate of drug-likeness (QED) is 0.842. The van der Waals surface area contributed by atoms with Gasteiger partial charge in [0.25, 0.3) is 0 Å². The van der Waals surface area contributed by atoms with Crippen molar-refractivity contribution in [1.29, 1.82) is 0 Å². The normalized spacial score (nSPS) is 16.1. The fraction of sp³-hybridized carbons (Fsp3) is 0.500. The van der Waals surface area contributed by atoms with Crippen LogP contribution in [0.5, 0.6) is 0 Å². The summed E-state index contributed by atoms with van der Waals surface area (Å²) in [6.07, 6.45) is 1.01. The molecule has 20 heavy (non-hydrogen) atoms. The molecular formula is C14H19N5O. The van der Waals surface area contributed by atoms with Crippen LogP contribution in [0.3, 0.4) is 0 Å². The Morgan fingerprint density at radius 1 is 1.15 bits per heavy atom. The molecule has 2 aromatic rings. The zero-order chi connectivity index (χ0) is 13.8. The smallest absolute Gasteiger partial charge is 0.245 e. The minimum absolute atomic E-state index is 0.694. The van der Waals surface area contributed by atoms with E-state index in [9.17, 15) is 0 Å². The molecule has 0 spiro atoms. The fourth-order valence-corrected chi connectivity index (χ4v) is 2.34. The molecule has 1 saturated heterocycles. The van der Waals surface area contributed by atoms with E-state index in [0.29, 0.717) is 6.54 Å². The first-order chi connectivity index (χ1) is 9.83. The Hall–Kier alpha value is -1.95. The third-order valence-corrected chi connectivity index (χ3v) is 3.47. The first-order valence-electron chi connectivity index (χ1n) is 6.97. The molecule has 0 bridgehead atoms. The summed E-state index contributed by atoms with van der Waals surface area (Å²) in [5.74, 6) is 0.830. The Labute approximate surface area is 118 Å². The van der Waals surface area contributed by atoms with Crippen LogP contribution in [0.25, 0.3) is 0 Å². The maximum atomic E-state index is 5.47. The minimum Gasteiger partial charge on any atom is -0.380 e. The highest BCUT2D eigenvalue weighted by atomic mass is 16.5. The van der Waals surface area contributed by atoms with Gasteiger partial charge >= 0.3 is 0 Å². The highest BCUT2D eigenvalue weighted by Gasteiger charge is 2.16. The average molecular weight is 273 g/mol. The van der Waals surface area contributed by atoms with Gasteiger partial charge in [-0.15, -0.1) is 0 Å². The maximum Gasteiger partial charge on any atom is 0.245 e. The van der Waals surface area contributed by atoms with Gasteiger partial charge in [-0.05, 0) is 29.3 Å². The van der Waals surface area contributed by atoms with Crippen molar-refractivity contribution in [3.63, 3.8) is 0 Å². The lowest BCUT2D eigenvalue weighted by molar-refractivity contribution is 0.152. The molecule has 106 valence electrons. The molecule has 6 nitrogen and oxygen atoms in total. The van der Waals surface area contributed by atoms with Crippen LogP contribution in [0.2, 0.25) is 0 Å². The number of aryl methyl sites for hydroxylation is 1. The lowest BCUT2D eigenvalue weighted by Crippen LogP contribution is -2.29. The summed E-state index contributed by atoms with van der Waals surface area (Å²) in [6, 6.07) is 8.46. The van der Waals surface area contributed by atoms with Crippen molar-refractivity contribution in [2.45, 2.75) is 19.9 Å². The first kappa shape index (κ1) is 13.1. The lowest BCUT2D eigenvalue weighted by Gasteiger charge is -2.19. The van der Waals surface area contributed by atoms with Crippen molar-refractivity contribution in [1.82, 2.24) is 20.2 Å². The third-order valence-electron chi connectivity index (χ3n) is 3.47. The van der Waals surface area contributed by atoms with E-state index in [1.165, 1.54) is 11.1 Å². The molecule has 3 rings (SSSR count). The number of benzene rings is 1. The van der Waals surface area contributed by atoms with E-state index in [4.69, 9.17) is 4.74 Å². The van der Waals surface area contributed by atoms with E-state index in [0.717, 1.165) is 38.7 Å². The Balaban J connectivity index is 1.77. The topological polar surface area (TPSA) is 56.1 Å². The molecule has 0 saturated carbocycles. The largest absolute Gasteiger partial charge is 0.380 e. The predicted octanol–water partition coefficient (Wildman–Crippen LogP) is 1.26. The van der Waals surface area contributed by atoms with Crippen LogP contribution < -0.4 is 4.90 Å². The van der Waals surface area contributed by atoms with Gasteiger partial charge in [0.15, 0.2) is 0 Å². The number of rotatable bonds is 3. The summed E-state index contributed by atoms with van der Waals surface area (Å²) in [7, 11) is 0. The van der Waals surface area contributed by atoms with E-state index in [-0.39, 0.29) is 0 Å². The number of nitrogens with zero attached hydrogens (tertiary/aromatic N) is 5. The second-order valence-corrected chi connectivity index (χ2v) is 5.08. The van der Waals surface area contributed by atoms with Gasteiger partial charge in [-0.25, -0.2) is 4.68 Å². The summed E-state index contributed by atoms with van der Waals surface area (Å²) in [4.78, 5) is 2.20. The summed E-state index contributed by atoms with van der Waals surface area (Å²) in [5, 5.41) is 12.1. The fourth-order valence-electron chi connectivity index (χ4n) is 2.34. The zero-order valence-corrected chi connectivity index (χ0v) is 11.7. The molecule has 0 unspecified atom stereocenters. The zero-order valence-electron chi connectivity index (χ0n) is 11.7. The van der Waals surface area contributed by atoms with Crippen LogP contribution in [0.4, 0.5) is 5.95 Å². The summed E-state index contributed by atoms with van der Waals surface area (Å²) in [6.45, 7) is 6.11. The van der Waals surface area contributed by atoms with Gasteiger partial charge in [-0.1, -0.05) is 34.9 Å². The first-order valence-corrected chi connectivity index (χ1v) is 6.97. The number of hydrogen-bond acceptors (Lipinski definition) is 5. The number of hydrogen-bond donors (Lipinski definition) is 0. The van der Waals surface area contributed by atoms with Gasteiger partial charge in [0.05, 0.1) is 13.2 Å². The van der Waals surface area contributed by atoms with E-state index in [2.05, 4.69) is 51.6 Å². The summed E-state index contributed by atoms with van der Waals surface area (Å²) >= 11 is 0. The van der Waals surface area contributed by atoms with Gasteiger partial charge < -0.3 is 9.64 Å². The van der Waals surface area contributed by atoms with Gasteiger partial charge in [0.2, 0.25) is 5.95 Å². The molecule has 0 radical (unpaired) electrons. The number of tetrazole rings is 1. The molecule has 1 aromatic heterocycles. The molecule has 1 aromatic carbocycles. The second-order valence-electron chi connectivity index (χ2n) is 5.08. The van der Waals surface area contributed by atoms with Crippen LogP contribution >= 0.6 is 0 Å². The summed E-state index contributed by atoms with van der Waals surface area (Å²) in [5.41, 5.74) is 2.46. The van der Waals surface area contributed by atoms with Gasteiger partial charge in [-0.3, -0.25) is 0 Å². The highest BCUT2D eigenvalue weighted by Crippen LogP contribution is 2.13. The monoisotopic (exact) mass is 273 g/mol. The van der Waals surface area contributed by atoms with E-state index in [1.54, 1.807) is 0 Å². The minimum atomic E-state index is 0.694. The van der Waals surface area contributed by atoms with Crippen LogP contribution in [0.1, 0.15) is 17.5 Å². The Bertz CT molecular complexity index is 543. The van der Waals surface area contributed by atoms with Crippen molar-refractivity contribution < 1.29 is 4.74 Å². The van der Waals surface area contributed by atoms with Crippen molar-refractivity contribution >= 4 is 5.95 Å². The molecule has 1 aliphatic heterocycles. The Kier molecular flexibility index (Phi) is 3.92. The SMILES string of the molecule is Cc1ccc(Cn2nnnc2N2CCCOCC2)cc1. The molecule has 0 amide bonds. The number of anilines is 1. The Morgan fingerprint density at radius 3 is 2.85 bits per heavy atom. The third kappa shape index (κ3) is 2.96. The second kappa shape index (κ2) is 6.00. The van der Waals surface area contributed by atoms with E-state index < -0.39 is 0 Å². The maximum absolute atomic E-state index is 5.47. The molecule has 2 heterocycles. The van der Waals surface area contributed by atoms with Crippen molar-refractivity contribution in [3.05, 3.63) is 35.4 Å². The van der Waals surface area contributed by atoms with Crippen LogP contribution in [-0.2, 0) is 11.3 Å².